The van der Waals surface area contributed by atoms with Crippen LogP contribution in [0.4, 0.5) is 0 Å². The van der Waals surface area contributed by atoms with Crippen molar-refractivity contribution in [1.82, 2.24) is 20.4 Å². The van der Waals surface area contributed by atoms with Crippen molar-refractivity contribution >= 4 is 18.3 Å². The highest BCUT2D eigenvalue weighted by Gasteiger charge is 2.20. The van der Waals surface area contributed by atoms with E-state index in [1.54, 1.807) is 25.0 Å². The number of halogens is 1. The molecule has 0 aliphatic rings. The minimum absolute atomic E-state index is 0. The molecule has 0 bridgehead atoms. The lowest BCUT2D eigenvalue weighted by molar-refractivity contribution is -0.123. The number of methoxy groups -OCH3 is 1. The van der Waals surface area contributed by atoms with Gasteiger partial charge in [-0.25, -0.2) is 0 Å². The van der Waals surface area contributed by atoms with E-state index in [1.165, 1.54) is 0 Å². The lowest BCUT2D eigenvalue weighted by Crippen LogP contribution is -2.40. The summed E-state index contributed by atoms with van der Waals surface area (Å²) in [6.07, 6.45) is 3.34. The Morgan fingerprint density at radius 2 is 1.92 bits per heavy atom. The molecule has 7 nitrogen and oxygen atoms in total. The molecule has 2 N–H and O–H groups in total. The Bertz CT molecular complexity index is 660. The predicted molar refractivity (Wildman–Crippen MR) is 98.4 cm³/mol. The van der Waals surface area contributed by atoms with E-state index in [0.29, 0.717) is 6.54 Å². The maximum absolute atomic E-state index is 12.3. The molecule has 0 saturated heterocycles. The van der Waals surface area contributed by atoms with Crippen molar-refractivity contribution in [1.29, 1.82) is 0 Å². The van der Waals surface area contributed by atoms with Crippen LogP contribution in [0.3, 0.4) is 0 Å². The van der Waals surface area contributed by atoms with Gasteiger partial charge >= 0.3 is 0 Å². The molecular weight excluding hydrogens is 344 g/mol. The smallest absolute Gasteiger partial charge is 0.241 e. The summed E-state index contributed by atoms with van der Waals surface area (Å²) in [4.78, 5) is 12.3. The fourth-order valence-electron chi connectivity index (χ4n) is 2.31. The van der Waals surface area contributed by atoms with E-state index in [9.17, 15) is 4.79 Å². The molecule has 0 aliphatic heterocycles. The van der Waals surface area contributed by atoms with E-state index in [4.69, 9.17) is 9.47 Å². The molecule has 0 saturated carbocycles. The molecule has 2 atom stereocenters. The highest BCUT2D eigenvalue weighted by atomic mass is 35.5. The van der Waals surface area contributed by atoms with Crippen molar-refractivity contribution in [2.24, 2.45) is 7.05 Å². The third-order valence-corrected chi connectivity index (χ3v) is 3.57. The maximum atomic E-state index is 12.3. The van der Waals surface area contributed by atoms with Crippen LogP contribution in [0.25, 0.3) is 0 Å². The first kappa shape index (κ1) is 20.8. The van der Waals surface area contributed by atoms with Gasteiger partial charge in [0.1, 0.15) is 23.6 Å². The van der Waals surface area contributed by atoms with Gasteiger partial charge in [0, 0.05) is 18.8 Å². The van der Waals surface area contributed by atoms with Crippen LogP contribution in [0.2, 0.25) is 0 Å². The van der Waals surface area contributed by atoms with E-state index in [-0.39, 0.29) is 24.4 Å². The first-order valence-corrected chi connectivity index (χ1v) is 7.77. The number of aromatic nitrogens is 2. The molecule has 25 heavy (non-hydrogen) atoms. The summed E-state index contributed by atoms with van der Waals surface area (Å²) < 4.78 is 12.6. The zero-order valence-corrected chi connectivity index (χ0v) is 15.7. The number of hydrogen-bond donors (Lipinski definition) is 2. The first-order valence-electron chi connectivity index (χ1n) is 7.77. The summed E-state index contributed by atoms with van der Waals surface area (Å²) in [6, 6.07) is 6.90. The highest BCUT2D eigenvalue weighted by molar-refractivity contribution is 5.85. The Morgan fingerprint density at radius 3 is 2.44 bits per heavy atom. The number of likely N-dealkylation sites (N-methyl/N-ethyl adjacent to an activating group) is 1. The summed E-state index contributed by atoms with van der Waals surface area (Å²) in [6.45, 7) is 2.31. The SMILES string of the molecule is CNC(C(=O)NCC(C)Oc1ccc(OC)cc1)c1cnn(C)c1.Cl. The number of amides is 1. The van der Waals surface area contributed by atoms with Gasteiger partial charge in [-0.2, -0.15) is 5.10 Å². The number of benzene rings is 1. The van der Waals surface area contributed by atoms with Gasteiger partial charge in [-0.15, -0.1) is 12.4 Å². The summed E-state index contributed by atoms with van der Waals surface area (Å²) in [5, 5.41) is 9.99. The molecule has 1 aromatic heterocycles. The third-order valence-electron chi connectivity index (χ3n) is 3.57. The van der Waals surface area contributed by atoms with Crippen molar-refractivity contribution in [3.63, 3.8) is 0 Å². The second-order valence-electron chi connectivity index (χ2n) is 5.52. The van der Waals surface area contributed by atoms with Crippen molar-refractivity contribution in [3.8, 4) is 11.5 Å². The number of nitrogens with zero attached hydrogens (tertiary/aromatic N) is 2. The van der Waals surface area contributed by atoms with Crippen molar-refractivity contribution in [3.05, 3.63) is 42.2 Å². The van der Waals surface area contributed by atoms with Crippen LogP contribution in [0.5, 0.6) is 11.5 Å². The number of rotatable bonds is 8. The van der Waals surface area contributed by atoms with Crippen LogP contribution in [-0.2, 0) is 11.8 Å². The molecule has 0 radical (unpaired) electrons. The predicted octanol–water partition coefficient (Wildman–Crippen LogP) is 1.69. The van der Waals surface area contributed by atoms with Gasteiger partial charge in [0.05, 0.1) is 19.9 Å². The molecular formula is C17H25ClN4O3. The average molecular weight is 369 g/mol. The molecule has 2 rings (SSSR count). The van der Waals surface area contributed by atoms with Gasteiger partial charge in [-0.1, -0.05) is 0 Å². The van der Waals surface area contributed by atoms with Gasteiger partial charge in [-0.05, 0) is 38.2 Å². The molecule has 0 fully saturated rings. The number of nitrogens with one attached hydrogen (secondary N) is 2. The molecule has 1 aromatic carbocycles. The Balaban J connectivity index is 0.00000312. The van der Waals surface area contributed by atoms with E-state index < -0.39 is 6.04 Å². The van der Waals surface area contributed by atoms with Crippen LogP contribution in [0, 0.1) is 0 Å². The number of carbonyl (C=O) groups excluding carboxylic acids is 1. The largest absolute Gasteiger partial charge is 0.497 e. The molecule has 0 aliphatic carbocycles. The first-order chi connectivity index (χ1) is 11.5. The van der Waals surface area contributed by atoms with Crippen LogP contribution < -0.4 is 20.1 Å². The van der Waals surface area contributed by atoms with Crippen LogP contribution >= 0.6 is 12.4 Å². The monoisotopic (exact) mass is 368 g/mol. The van der Waals surface area contributed by atoms with Crippen molar-refractivity contribution < 1.29 is 14.3 Å². The van der Waals surface area contributed by atoms with Crippen LogP contribution in [0.1, 0.15) is 18.5 Å². The van der Waals surface area contributed by atoms with Crippen molar-refractivity contribution in [2.45, 2.75) is 19.1 Å². The Labute approximate surface area is 154 Å². The zero-order valence-electron chi connectivity index (χ0n) is 14.9. The highest BCUT2D eigenvalue weighted by Crippen LogP contribution is 2.18. The molecule has 0 spiro atoms. The fraction of sp³-hybridized carbons (Fsp3) is 0.412. The number of hydrogen-bond acceptors (Lipinski definition) is 5. The van der Waals surface area contributed by atoms with Crippen LogP contribution in [-0.4, -0.2) is 42.5 Å². The minimum Gasteiger partial charge on any atom is -0.497 e. The Kier molecular flexibility index (Phi) is 8.24. The molecule has 138 valence electrons. The number of carbonyl (C=O) groups is 1. The standard InChI is InChI=1S/C17H24N4O3.ClH/c1-12(24-15-7-5-14(23-4)6-8-15)9-19-17(22)16(18-2)13-10-20-21(3)11-13;/h5-8,10-12,16,18H,9H2,1-4H3,(H,19,22);1H. The lowest BCUT2D eigenvalue weighted by Gasteiger charge is -2.18. The summed E-state index contributed by atoms with van der Waals surface area (Å²) >= 11 is 0. The Morgan fingerprint density at radius 1 is 1.28 bits per heavy atom. The topological polar surface area (TPSA) is 77.4 Å². The van der Waals surface area contributed by atoms with E-state index >= 15 is 0 Å². The van der Waals surface area contributed by atoms with E-state index in [1.807, 2.05) is 44.4 Å². The van der Waals surface area contributed by atoms with Gasteiger partial charge in [0.15, 0.2) is 0 Å². The molecule has 8 heteroatoms. The average Bonchev–Trinajstić information content (AvgIpc) is 3.00. The molecule has 2 unspecified atom stereocenters. The third kappa shape index (κ3) is 5.95. The number of aryl methyl sites for hydroxylation is 1. The lowest BCUT2D eigenvalue weighted by atomic mass is 10.1. The summed E-state index contributed by atoms with van der Waals surface area (Å²) in [5.41, 5.74) is 0.821. The van der Waals surface area contributed by atoms with Crippen molar-refractivity contribution in [2.75, 3.05) is 20.7 Å². The van der Waals surface area contributed by atoms with E-state index in [0.717, 1.165) is 17.1 Å². The number of ether oxygens (including phenoxy) is 2. The Hall–Kier alpha value is -2.25. The zero-order chi connectivity index (χ0) is 17.5. The maximum Gasteiger partial charge on any atom is 0.241 e. The fourth-order valence-corrected chi connectivity index (χ4v) is 2.31. The minimum atomic E-state index is -0.438. The summed E-state index contributed by atoms with van der Waals surface area (Å²) in [5.74, 6) is 1.39. The quantitative estimate of drug-likeness (QED) is 0.741. The van der Waals surface area contributed by atoms with Crippen LogP contribution in [0.15, 0.2) is 36.7 Å². The molecule has 1 amide bonds. The van der Waals surface area contributed by atoms with Gasteiger partial charge in [-0.3, -0.25) is 9.48 Å². The molecule has 2 aromatic rings. The second kappa shape index (κ2) is 9.90. The van der Waals surface area contributed by atoms with Gasteiger partial charge in [0.2, 0.25) is 5.91 Å². The van der Waals surface area contributed by atoms with E-state index in [2.05, 4.69) is 15.7 Å². The molecule has 1 heterocycles. The summed E-state index contributed by atoms with van der Waals surface area (Å²) in [7, 11) is 5.18. The second-order valence-corrected chi connectivity index (χ2v) is 5.52. The van der Waals surface area contributed by atoms with Gasteiger partial charge in [0.25, 0.3) is 0 Å². The van der Waals surface area contributed by atoms with Gasteiger partial charge < -0.3 is 20.1 Å². The normalized spacial score (nSPS) is 12.6.